The van der Waals surface area contributed by atoms with Crippen molar-refractivity contribution in [2.24, 2.45) is 5.92 Å². The Morgan fingerprint density at radius 2 is 1.95 bits per heavy atom. The molecule has 2 N–H and O–H groups in total. The Bertz CT molecular complexity index is 362. The van der Waals surface area contributed by atoms with Gasteiger partial charge in [-0.2, -0.15) is 0 Å². The topological polar surface area (TPSA) is 49.3 Å². The van der Waals surface area contributed by atoms with Crippen LogP contribution < -0.4 is 5.32 Å². The fourth-order valence-corrected chi connectivity index (χ4v) is 2.05. The summed E-state index contributed by atoms with van der Waals surface area (Å²) in [7, 11) is 0. The summed E-state index contributed by atoms with van der Waals surface area (Å²) in [5, 5.41) is 12.4. The second kappa shape index (κ2) is 8.70. The molecule has 1 unspecified atom stereocenters. The lowest BCUT2D eigenvalue weighted by Gasteiger charge is -2.13. The van der Waals surface area contributed by atoms with Gasteiger partial charge in [0.25, 0.3) is 0 Å². The summed E-state index contributed by atoms with van der Waals surface area (Å²) < 4.78 is 0. The van der Waals surface area contributed by atoms with E-state index in [4.69, 9.17) is 0 Å². The molecule has 0 aromatic heterocycles. The maximum atomic E-state index is 11.6. The molecule has 1 aromatic carbocycles. The lowest BCUT2D eigenvalue weighted by atomic mass is 10.1. The molecular weight excluding hydrogens is 238 g/mol. The van der Waals surface area contributed by atoms with Crippen molar-refractivity contribution in [3.63, 3.8) is 0 Å². The molecule has 0 saturated carbocycles. The number of carbonyl (C=O) groups is 1. The van der Waals surface area contributed by atoms with Crippen molar-refractivity contribution in [2.45, 2.75) is 45.6 Å². The van der Waals surface area contributed by atoms with E-state index in [2.05, 4.69) is 31.3 Å². The highest BCUT2D eigenvalue weighted by Crippen LogP contribution is 2.05. The molecule has 0 saturated heterocycles. The Labute approximate surface area is 116 Å². The molecule has 3 nitrogen and oxygen atoms in total. The maximum absolute atomic E-state index is 11.6. The van der Waals surface area contributed by atoms with Crippen molar-refractivity contribution in [3.8, 4) is 0 Å². The van der Waals surface area contributed by atoms with Crippen LogP contribution in [-0.2, 0) is 11.2 Å². The van der Waals surface area contributed by atoms with Crippen LogP contribution in [0, 0.1) is 5.92 Å². The number of amides is 1. The van der Waals surface area contributed by atoms with Crippen LogP contribution in [0.25, 0.3) is 0 Å². The van der Waals surface area contributed by atoms with Crippen LogP contribution in [-0.4, -0.2) is 23.7 Å². The van der Waals surface area contributed by atoms with Gasteiger partial charge in [-0.05, 0) is 30.7 Å². The van der Waals surface area contributed by atoms with E-state index in [1.165, 1.54) is 5.56 Å². The molecule has 1 amide bonds. The Balaban J connectivity index is 2.11. The summed E-state index contributed by atoms with van der Waals surface area (Å²) >= 11 is 0. The Morgan fingerprint density at radius 1 is 1.26 bits per heavy atom. The average molecular weight is 263 g/mol. The van der Waals surface area contributed by atoms with E-state index in [1.54, 1.807) is 0 Å². The van der Waals surface area contributed by atoms with Crippen molar-refractivity contribution in [2.75, 3.05) is 6.54 Å². The predicted octanol–water partition coefficient (Wildman–Crippen LogP) is 2.53. The molecule has 3 heteroatoms. The molecule has 0 bridgehead atoms. The summed E-state index contributed by atoms with van der Waals surface area (Å²) in [4.78, 5) is 11.6. The Kier molecular flexibility index (Phi) is 7.19. The van der Waals surface area contributed by atoms with Crippen LogP contribution in [0.5, 0.6) is 0 Å². The first-order chi connectivity index (χ1) is 9.08. The highest BCUT2D eigenvalue weighted by molar-refractivity contribution is 5.75. The van der Waals surface area contributed by atoms with Gasteiger partial charge in [-0.1, -0.05) is 44.2 Å². The van der Waals surface area contributed by atoms with E-state index in [1.807, 2.05) is 18.2 Å². The molecule has 1 aromatic rings. The van der Waals surface area contributed by atoms with Crippen molar-refractivity contribution in [1.29, 1.82) is 0 Å². The number of nitrogens with one attached hydrogen (secondary N) is 1. The van der Waals surface area contributed by atoms with E-state index in [0.29, 0.717) is 18.9 Å². The zero-order chi connectivity index (χ0) is 14.1. The van der Waals surface area contributed by atoms with Crippen LogP contribution in [0.3, 0.4) is 0 Å². The van der Waals surface area contributed by atoms with Gasteiger partial charge in [0.05, 0.1) is 6.10 Å². The first kappa shape index (κ1) is 15.7. The van der Waals surface area contributed by atoms with Gasteiger partial charge in [-0.3, -0.25) is 4.79 Å². The lowest BCUT2D eigenvalue weighted by Crippen LogP contribution is -2.32. The van der Waals surface area contributed by atoms with Gasteiger partial charge in [0.1, 0.15) is 0 Å². The van der Waals surface area contributed by atoms with Gasteiger partial charge >= 0.3 is 0 Å². The van der Waals surface area contributed by atoms with E-state index < -0.39 is 6.10 Å². The molecule has 0 aliphatic heterocycles. The molecule has 1 atom stereocenters. The minimum atomic E-state index is -0.432. The predicted molar refractivity (Wildman–Crippen MR) is 77.9 cm³/mol. The van der Waals surface area contributed by atoms with Crippen molar-refractivity contribution >= 4 is 5.91 Å². The summed E-state index contributed by atoms with van der Waals surface area (Å²) in [5.74, 6) is 0.476. The Morgan fingerprint density at radius 3 is 2.58 bits per heavy atom. The summed E-state index contributed by atoms with van der Waals surface area (Å²) in [5.41, 5.74) is 1.26. The second-order valence-corrected chi connectivity index (χ2v) is 5.43. The molecule has 0 aliphatic rings. The minimum absolute atomic E-state index is 0.0266. The summed E-state index contributed by atoms with van der Waals surface area (Å²) in [6.07, 6.45) is 2.57. The minimum Gasteiger partial charge on any atom is -0.391 e. The zero-order valence-electron chi connectivity index (χ0n) is 11.9. The first-order valence-electron chi connectivity index (χ1n) is 7.06. The number of aliphatic hydroxyl groups is 1. The molecule has 19 heavy (non-hydrogen) atoms. The molecule has 0 spiro atoms. The highest BCUT2D eigenvalue weighted by atomic mass is 16.3. The number of benzene rings is 1. The van der Waals surface area contributed by atoms with Gasteiger partial charge in [0, 0.05) is 13.0 Å². The number of carbonyl (C=O) groups excluding carboxylic acids is 1. The van der Waals surface area contributed by atoms with Crippen LogP contribution >= 0.6 is 0 Å². The van der Waals surface area contributed by atoms with Gasteiger partial charge in [0.2, 0.25) is 5.91 Å². The van der Waals surface area contributed by atoms with E-state index in [9.17, 15) is 9.90 Å². The van der Waals surface area contributed by atoms with Gasteiger partial charge in [-0.25, -0.2) is 0 Å². The lowest BCUT2D eigenvalue weighted by molar-refractivity contribution is -0.121. The fourth-order valence-electron chi connectivity index (χ4n) is 2.05. The second-order valence-electron chi connectivity index (χ2n) is 5.43. The van der Waals surface area contributed by atoms with E-state index >= 15 is 0 Å². The number of aliphatic hydroxyl groups excluding tert-OH is 1. The van der Waals surface area contributed by atoms with Crippen molar-refractivity contribution in [3.05, 3.63) is 35.9 Å². The smallest absolute Gasteiger partial charge is 0.220 e. The molecule has 1 rings (SSSR count). The quantitative estimate of drug-likeness (QED) is 0.757. The van der Waals surface area contributed by atoms with Crippen LogP contribution in [0.4, 0.5) is 0 Å². The number of rotatable bonds is 8. The maximum Gasteiger partial charge on any atom is 0.220 e. The first-order valence-corrected chi connectivity index (χ1v) is 7.06. The normalized spacial score (nSPS) is 12.4. The Hall–Kier alpha value is -1.35. The van der Waals surface area contributed by atoms with Crippen molar-refractivity contribution in [1.82, 2.24) is 5.32 Å². The van der Waals surface area contributed by atoms with Gasteiger partial charge in [-0.15, -0.1) is 0 Å². The largest absolute Gasteiger partial charge is 0.391 e. The van der Waals surface area contributed by atoms with E-state index in [0.717, 1.165) is 19.3 Å². The number of aryl methyl sites for hydroxylation is 1. The van der Waals surface area contributed by atoms with Gasteiger partial charge < -0.3 is 10.4 Å². The zero-order valence-corrected chi connectivity index (χ0v) is 11.9. The van der Waals surface area contributed by atoms with Crippen LogP contribution in [0.1, 0.15) is 38.7 Å². The molecule has 0 fully saturated rings. The third kappa shape index (κ3) is 7.62. The monoisotopic (exact) mass is 263 g/mol. The molecule has 106 valence electrons. The summed E-state index contributed by atoms with van der Waals surface area (Å²) in [6, 6.07) is 10.2. The van der Waals surface area contributed by atoms with Crippen LogP contribution in [0.15, 0.2) is 30.3 Å². The van der Waals surface area contributed by atoms with Gasteiger partial charge in [0.15, 0.2) is 0 Å². The molecule has 0 heterocycles. The standard InChI is InChI=1S/C16H25NO2/c1-13(2)11-15(18)12-17-16(19)10-6-9-14-7-4-3-5-8-14/h3-5,7-8,13,15,18H,6,9-12H2,1-2H3,(H,17,19). The third-order valence-electron chi connectivity index (χ3n) is 2.99. The number of hydrogen-bond acceptors (Lipinski definition) is 2. The van der Waals surface area contributed by atoms with E-state index in [-0.39, 0.29) is 5.91 Å². The van der Waals surface area contributed by atoms with Crippen molar-refractivity contribution < 1.29 is 9.90 Å². The summed E-state index contributed by atoms with van der Waals surface area (Å²) in [6.45, 7) is 4.48. The number of hydrogen-bond donors (Lipinski definition) is 2. The third-order valence-corrected chi connectivity index (χ3v) is 2.99. The molecular formula is C16H25NO2. The SMILES string of the molecule is CC(C)CC(O)CNC(=O)CCCc1ccccc1. The fraction of sp³-hybridized carbons (Fsp3) is 0.562. The molecule has 0 radical (unpaired) electrons. The highest BCUT2D eigenvalue weighted by Gasteiger charge is 2.08. The van der Waals surface area contributed by atoms with Crippen LogP contribution in [0.2, 0.25) is 0 Å². The molecule has 0 aliphatic carbocycles. The average Bonchev–Trinajstić information content (AvgIpc) is 2.37.